The molecule has 6 heteroatoms. The van der Waals surface area contributed by atoms with E-state index in [1.165, 1.54) is 11.3 Å². The summed E-state index contributed by atoms with van der Waals surface area (Å²) in [6, 6.07) is 1.99. The zero-order chi connectivity index (χ0) is 14.1. The maximum Gasteiger partial charge on any atom is 0.133 e. The van der Waals surface area contributed by atoms with Gasteiger partial charge in [0.25, 0.3) is 0 Å². The predicted molar refractivity (Wildman–Crippen MR) is 73.2 cm³/mol. The highest BCUT2D eigenvalue weighted by atomic mass is 16.5. The Morgan fingerprint density at radius 1 is 1.50 bits per heavy atom. The van der Waals surface area contributed by atoms with Crippen molar-refractivity contribution in [1.29, 1.82) is 0 Å². The van der Waals surface area contributed by atoms with E-state index in [1.807, 2.05) is 24.7 Å². The smallest absolute Gasteiger partial charge is 0.133 e. The summed E-state index contributed by atoms with van der Waals surface area (Å²) in [5, 5.41) is 8.65. The Labute approximate surface area is 118 Å². The molecule has 1 atom stereocenters. The van der Waals surface area contributed by atoms with Crippen LogP contribution in [0.1, 0.15) is 28.6 Å². The van der Waals surface area contributed by atoms with Crippen molar-refractivity contribution in [2.45, 2.75) is 25.9 Å². The van der Waals surface area contributed by atoms with Gasteiger partial charge in [0.1, 0.15) is 5.76 Å². The monoisotopic (exact) mass is 276 g/mol. The van der Waals surface area contributed by atoms with Crippen molar-refractivity contribution in [2.75, 3.05) is 20.3 Å². The summed E-state index contributed by atoms with van der Waals surface area (Å²) in [6.45, 7) is 5.24. The molecule has 0 N–H and O–H groups in total. The van der Waals surface area contributed by atoms with Crippen molar-refractivity contribution >= 4 is 0 Å². The van der Waals surface area contributed by atoms with E-state index < -0.39 is 0 Å². The van der Waals surface area contributed by atoms with Gasteiger partial charge in [0.05, 0.1) is 18.0 Å². The Balaban J connectivity index is 1.78. The molecule has 0 saturated heterocycles. The van der Waals surface area contributed by atoms with Crippen molar-refractivity contribution in [3.63, 3.8) is 0 Å². The van der Waals surface area contributed by atoms with Gasteiger partial charge in [-0.25, -0.2) is 0 Å². The van der Waals surface area contributed by atoms with Crippen molar-refractivity contribution in [2.24, 2.45) is 7.05 Å². The minimum absolute atomic E-state index is 0.318. The normalized spacial score (nSPS) is 19.2. The molecular formula is C14H20N4O2. The number of nitrogens with zero attached hydrogens (tertiary/aromatic N) is 4. The molecule has 3 rings (SSSR count). The number of methoxy groups -OCH3 is 1. The van der Waals surface area contributed by atoms with Crippen LogP contribution in [-0.4, -0.2) is 40.1 Å². The molecule has 0 spiro atoms. The highest BCUT2D eigenvalue weighted by molar-refractivity contribution is 5.24. The molecule has 0 amide bonds. The topological polar surface area (TPSA) is 56.3 Å². The molecule has 20 heavy (non-hydrogen) atoms. The lowest BCUT2D eigenvalue weighted by Crippen LogP contribution is -2.34. The second-order valence-electron chi connectivity index (χ2n) is 5.46. The van der Waals surface area contributed by atoms with E-state index in [-0.39, 0.29) is 0 Å². The molecule has 0 fully saturated rings. The second-order valence-corrected chi connectivity index (χ2v) is 5.46. The first-order chi connectivity index (χ1) is 9.65. The largest absolute Gasteiger partial charge is 0.384 e. The summed E-state index contributed by atoms with van der Waals surface area (Å²) in [6.07, 6.45) is 2.10. The average Bonchev–Trinajstić information content (AvgIpc) is 2.95. The molecule has 1 aliphatic rings. The Bertz CT molecular complexity index is 590. The summed E-state index contributed by atoms with van der Waals surface area (Å²) >= 11 is 0. The van der Waals surface area contributed by atoms with Gasteiger partial charge >= 0.3 is 0 Å². The number of ether oxygens (including phenoxy) is 1. The van der Waals surface area contributed by atoms with Gasteiger partial charge in [0, 0.05) is 57.5 Å². The minimum Gasteiger partial charge on any atom is -0.384 e. The average molecular weight is 276 g/mol. The number of aromatic nitrogens is 3. The fraction of sp³-hybridized carbons (Fsp3) is 0.571. The van der Waals surface area contributed by atoms with Crippen LogP contribution in [0.4, 0.5) is 0 Å². The minimum atomic E-state index is 0.318. The Hall–Kier alpha value is -1.66. The lowest BCUT2D eigenvalue weighted by Gasteiger charge is -2.30. The fourth-order valence-electron chi connectivity index (χ4n) is 2.90. The quantitative estimate of drug-likeness (QED) is 0.846. The first kappa shape index (κ1) is 13.3. The van der Waals surface area contributed by atoms with Crippen LogP contribution in [0.15, 0.2) is 16.8 Å². The number of hydrogen-bond acceptors (Lipinski definition) is 5. The van der Waals surface area contributed by atoms with Crippen LogP contribution in [-0.2, 0) is 24.9 Å². The molecule has 0 saturated carbocycles. The third-order valence-electron chi connectivity index (χ3n) is 3.63. The predicted octanol–water partition coefficient (Wildman–Crippen LogP) is 1.46. The number of fused-ring (bicyclic) bond motifs is 1. The molecule has 0 aromatic carbocycles. The van der Waals surface area contributed by atoms with Gasteiger partial charge in [0.2, 0.25) is 0 Å². The zero-order valence-electron chi connectivity index (χ0n) is 12.2. The van der Waals surface area contributed by atoms with E-state index >= 15 is 0 Å². The van der Waals surface area contributed by atoms with Crippen LogP contribution in [0.5, 0.6) is 0 Å². The highest BCUT2D eigenvalue weighted by Crippen LogP contribution is 2.28. The molecule has 0 bridgehead atoms. The van der Waals surface area contributed by atoms with Gasteiger partial charge in [-0.15, -0.1) is 0 Å². The first-order valence-corrected chi connectivity index (χ1v) is 6.81. The van der Waals surface area contributed by atoms with Crippen molar-refractivity contribution in [3.8, 4) is 0 Å². The van der Waals surface area contributed by atoms with Gasteiger partial charge < -0.3 is 9.26 Å². The molecule has 3 heterocycles. The van der Waals surface area contributed by atoms with E-state index in [0.29, 0.717) is 12.5 Å². The van der Waals surface area contributed by atoms with E-state index in [0.717, 1.165) is 31.1 Å². The Morgan fingerprint density at radius 2 is 2.35 bits per heavy atom. The van der Waals surface area contributed by atoms with E-state index in [4.69, 9.17) is 9.26 Å². The summed E-state index contributed by atoms with van der Waals surface area (Å²) in [4.78, 5) is 2.37. The molecular weight excluding hydrogens is 256 g/mol. The second kappa shape index (κ2) is 5.38. The van der Waals surface area contributed by atoms with Gasteiger partial charge in [-0.1, -0.05) is 5.16 Å². The van der Waals surface area contributed by atoms with Crippen molar-refractivity contribution < 1.29 is 9.26 Å². The van der Waals surface area contributed by atoms with Crippen LogP contribution in [0.3, 0.4) is 0 Å². The van der Waals surface area contributed by atoms with Gasteiger partial charge in [-0.2, -0.15) is 5.10 Å². The third kappa shape index (κ3) is 2.62. The van der Waals surface area contributed by atoms with Crippen LogP contribution in [0.25, 0.3) is 0 Å². The molecule has 0 radical (unpaired) electrons. The molecule has 108 valence electrons. The van der Waals surface area contributed by atoms with Gasteiger partial charge in [0.15, 0.2) is 0 Å². The van der Waals surface area contributed by atoms with E-state index in [1.54, 1.807) is 7.11 Å². The lowest BCUT2D eigenvalue weighted by molar-refractivity contribution is 0.133. The number of hydrogen-bond donors (Lipinski definition) is 0. The van der Waals surface area contributed by atoms with Crippen LogP contribution in [0.2, 0.25) is 0 Å². The van der Waals surface area contributed by atoms with Crippen LogP contribution >= 0.6 is 0 Å². The maximum atomic E-state index is 5.34. The Morgan fingerprint density at radius 3 is 3.05 bits per heavy atom. The van der Waals surface area contributed by atoms with E-state index in [2.05, 4.69) is 21.4 Å². The van der Waals surface area contributed by atoms with Crippen LogP contribution < -0.4 is 0 Å². The third-order valence-corrected chi connectivity index (χ3v) is 3.63. The summed E-state index contributed by atoms with van der Waals surface area (Å²) in [7, 11) is 3.70. The van der Waals surface area contributed by atoms with Crippen molar-refractivity contribution in [1.82, 2.24) is 19.8 Å². The van der Waals surface area contributed by atoms with Crippen molar-refractivity contribution in [3.05, 3.63) is 35.0 Å². The van der Waals surface area contributed by atoms with Gasteiger partial charge in [-0.3, -0.25) is 9.58 Å². The molecule has 1 aliphatic heterocycles. The molecule has 2 aromatic rings. The standard InChI is InChI=1S/C14H20N4O2/c1-10-4-13(16-20-10)8-18-6-11-5-17(2)15-14(11)12(7-18)9-19-3/h4-5,12H,6-9H2,1-3H3/t12-/m1/s1. The van der Waals surface area contributed by atoms with Crippen LogP contribution in [0, 0.1) is 6.92 Å². The molecule has 6 nitrogen and oxygen atoms in total. The summed E-state index contributed by atoms with van der Waals surface area (Å²) < 4.78 is 12.4. The zero-order valence-corrected chi connectivity index (χ0v) is 12.2. The summed E-state index contributed by atoms with van der Waals surface area (Å²) in [5.74, 6) is 1.17. The Kier molecular flexibility index (Phi) is 3.58. The molecule has 0 unspecified atom stereocenters. The lowest BCUT2D eigenvalue weighted by atomic mass is 9.97. The first-order valence-electron chi connectivity index (χ1n) is 6.81. The van der Waals surface area contributed by atoms with Gasteiger partial charge in [-0.05, 0) is 6.92 Å². The SMILES string of the molecule is COC[C@H]1CN(Cc2cc(C)on2)Cc2cn(C)nc21. The number of aryl methyl sites for hydroxylation is 2. The van der Waals surface area contributed by atoms with E-state index in [9.17, 15) is 0 Å². The highest BCUT2D eigenvalue weighted by Gasteiger charge is 2.28. The molecule has 2 aromatic heterocycles. The number of rotatable bonds is 4. The fourth-order valence-corrected chi connectivity index (χ4v) is 2.90. The molecule has 0 aliphatic carbocycles. The summed E-state index contributed by atoms with van der Waals surface area (Å²) in [5.41, 5.74) is 3.42. The maximum absolute atomic E-state index is 5.34.